The van der Waals surface area contributed by atoms with E-state index >= 15 is 0 Å². The Bertz CT molecular complexity index is 467. The second-order valence-corrected chi connectivity index (χ2v) is 6.97. The normalized spacial score (nSPS) is 24.3. The van der Waals surface area contributed by atoms with Gasteiger partial charge in [-0.3, -0.25) is 0 Å². The zero-order valence-electron chi connectivity index (χ0n) is 10.7. The lowest BCUT2D eigenvalue weighted by Gasteiger charge is -2.10. The molecular weight excluding hydrogens is 248 g/mol. The highest BCUT2D eigenvalue weighted by Gasteiger charge is 2.29. The molecule has 0 N–H and O–H groups in total. The Labute approximate surface area is 109 Å². The van der Waals surface area contributed by atoms with Crippen molar-refractivity contribution in [3.63, 3.8) is 0 Å². The minimum absolute atomic E-state index is 0.108. The molecule has 4 heteroatoms. The molecule has 1 fully saturated rings. The van der Waals surface area contributed by atoms with Crippen molar-refractivity contribution in [3.05, 3.63) is 30.3 Å². The second-order valence-electron chi connectivity index (χ2n) is 4.94. The Balaban J connectivity index is 1.98. The van der Waals surface area contributed by atoms with E-state index in [9.17, 15) is 8.42 Å². The molecule has 0 saturated carbocycles. The Kier molecular flexibility index (Phi) is 4.40. The van der Waals surface area contributed by atoms with Gasteiger partial charge in [0.2, 0.25) is 0 Å². The van der Waals surface area contributed by atoms with Crippen molar-refractivity contribution in [1.29, 1.82) is 0 Å². The quantitative estimate of drug-likeness (QED) is 0.824. The zero-order valence-corrected chi connectivity index (χ0v) is 11.5. The molecule has 0 bridgehead atoms. The van der Waals surface area contributed by atoms with E-state index in [1.54, 1.807) is 24.3 Å². The Hall–Kier alpha value is -0.870. The van der Waals surface area contributed by atoms with Crippen LogP contribution in [0.1, 0.15) is 26.2 Å². The van der Waals surface area contributed by atoms with E-state index in [1.807, 2.05) is 6.07 Å². The molecule has 1 saturated heterocycles. The molecule has 2 atom stereocenters. The highest BCUT2D eigenvalue weighted by atomic mass is 32.2. The van der Waals surface area contributed by atoms with Gasteiger partial charge >= 0.3 is 0 Å². The van der Waals surface area contributed by atoms with E-state index in [0.29, 0.717) is 17.4 Å². The SMILES string of the molecule is CCC[C@@H]1CO[C@H](CS(=O)(=O)c2ccccc2)C1. The predicted molar refractivity (Wildman–Crippen MR) is 71.2 cm³/mol. The molecule has 1 aromatic carbocycles. The maximum atomic E-state index is 12.2. The van der Waals surface area contributed by atoms with E-state index in [-0.39, 0.29) is 11.9 Å². The van der Waals surface area contributed by atoms with Crippen LogP contribution >= 0.6 is 0 Å². The molecule has 0 amide bonds. The van der Waals surface area contributed by atoms with Crippen molar-refractivity contribution < 1.29 is 13.2 Å². The summed E-state index contributed by atoms with van der Waals surface area (Å²) in [6.45, 7) is 2.86. The first kappa shape index (κ1) is 13.6. The summed E-state index contributed by atoms with van der Waals surface area (Å²) in [5.41, 5.74) is 0. The number of benzene rings is 1. The average molecular weight is 268 g/mol. The van der Waals surface area contributed by atoms with Gasteiger partial charge in [-0.1, -0.05) is 31.5 Å². The fourth-order valence-corrected chi connectivity index (χ4v) is 3.96. The fraction of sp³-hybridized carbons (Fsp3) is 0.571. The Morgan fingerprint density at radius 3 is 2.67 bits per heavy atom. The smallest absolute Gasteiger partial charge is 0.180 e. The molecular formula is C14H20O3S. The van der Waals surface area contributed by atoms with Crippen LogP contribution in [0.5, 0.6) is 0 Å². The van der Waals surface area contributed by atoms with E-state index in [1.165, 1.54) is 0 Å². The third-order valence-corrected chi connectivity index (χ3v) is 5.17. The van der Waals surface area contributed by atoms with Crippen LogP contribution in [0, 0.1) is 5.92 Å². The Morgan fingerprint density at radius 2 is 2.00 bits per heavy atom. The summed E-state index contributed by atoms with van der Waals surface area (Å²) in [7, 11) is -3.21. The van der Waals surface area contributed by atoms with Crippen molar-refractivity contribution in [3.8, 4) is 0 Å². The lowest BCUT2D eigenvalue weighted by atomic mass is 10.0. The molecule has 100 valence electrons. The van der Waals surface area contributed by atoms with E-state index in [2.05, 4.69) is 6.92 Å². The van der Waals surface area contributed by atoms with Crippen molar-refractivity contribution in [1.82, 2.24) is 0 Å². The van der Waals surface area contributed by atoms with Gasteiger partial charge in [-0.15, -0.1) is 0 Å². The van der Waals surface area contributed by atoms with Crippen molar-refractivity contribution in [2.24, 2.45) is 5.92 Å². The summed E-state index contributed by atoms with van der Waals surface area (Å²) in [5, 5.41) is 0. The first-order valence-electron chi connectivity index (χ1n) is 6.51. The van der Waals surface area contributed by atoms with Crippen LogP contribution in [0.15, 0.2) is 35.2 Å². The molecule has 0 aliphatic carbocycles. The lowest BCUT2D eigenvalue weighted by molar-refractivity contribution is 0.121. The summed E-state index contributed by atoms with van der Waals surface area (Å²) in [6.07, 6.45) is 3.00. The summed E-state index contributed by atoms with van der Waals surface area (Å²) in [4.78, 5) is 0.396. The summed E-state index contributed by atoms with van der Waals surface area (Å²) in [6, 6.07) is 8.62. The second kappa shape index (κ2) is 5.85. The van der Waals surface area contributed by atoms with Crippen LogP contribution in [0.3, 0.4) is 0 Å². The maximum absolute atomic E-state index is 12.2. The number of hydrogen-bond acceptors (Lipinski definition) is 3. The third kappa shape index (κ3) is 3.33. The molecule has 1 aliphatic heterocycles. The molecule has 3 nitrogen and oxygen atoms in total. The maximum Gasteiger partial charge on any atom is 0.180 e. The molecule has 0 spiro atoms. The van der Waals surface area contributed by atoms with Crippen molar-refractivity contribution in [2.45, 2.75) is 37.2 Å². The van der Waals surface area contributed by atoms with Gasteiger partial charge in [-0.2, -0.15) is 0 Å². The molecule has 1 aromatic rings. The van der Waals surface area contributed by atoms with Gasteiger partial charge in [-0.25, -0.2) is 8.42 Å². The highest BCUT2D eigenvalue weighted by molar-refractivity contribution is 7.91. The standard InChI is InChI=1S/C14H20O3S/c1-2-6-12-9-13(17-10-12)11-18(15,16)14-7-4-3-5-8-14/h3-5,7-8,12-13H,2,6,9-11H2,1H3/t12-,13-/m0/s1. The van der Waals surface area contributed by atoms with Gasteiger partial charge < -0.3 is 4.74 Å². The Morgan fingerprint density at radius 1 is 1.28 bits per heavy atom. The van der Waals surface area contributed by atoms with Crippen LogP contribution in [0.25, 0.3) is 0 Å². The monoisotopic (exact) mass is 268 g/mol. The van der Waals surface area contributed by atoms with Crippen LogP contribution in [0.2, 0.25) is 0 Å². The molecule has 0 aromatic heterocycles. The molecule has 18 heavy (non-hydrogen) atoms. The van der Waals surface area contributed by atoms with Gasteiger partial charge in [0.1, 0.15) is 0 Å². The number of rotatable bonds is 5. The first-order valence-corrected chi connectivity index (χ1v) is 8.16. The van der Waals surface area contributed by atoms with Crippen LogP contribution < -0.4 is 0 Å². The molecule has 0 unspecified atom stereocenters. The average Bonchev–Trinajstić information content (AvgIpc) is 2.77. The summed E-state index contributed by atoms with van der Waals surface area (Å²) >= 11 is 0. The summed E-state index contributed by atoms with van der Waals surface area (Å²) in [5.74, 6) is 0.642. The largest absolute Gasteiger partial charge is 0.377 e. The van der Waals surface area contributed by atoms with Gasteiger partial charge in [-0.05, 0) is 30.9 Å². The number of hydrogen-bond donors (Lipinski definition) is 0. The predicted octanol–water partition coefficient (Wildman–Crippen LogP) is 2.67. The number of sulfone groups is 1. The van der Waals surface area contributed by atoms with Crippen LogP contribution in [-0.2, 0) is 14.6 Å². The van der Waals surface area contributed by atoms with Gasteiger partial charge in [0, 0.05) is 6.61 Å². The fourth-order valence-electron chi connectivity index (χ4n) is 2.47. The van der Waals surface area contributed by atoms with Gasteiger partial charge in [0.25, 0.3) is 0 Å². The molecule has 0 radical (unpaired) electrons. The van der Waals surface area contributed by atoms with E-state index in [4.69, 9.17) is 4.74 Å². The zero-order chi connectivity index (χ0) is 13.0. The van der Waals surface area contributed by atoms with Crippen LogP contribution in [-0.4, -0.2) is 26.9 Å². The van der Waals surface area contributed by atoms with Gasteiger partial charge in [0.15, 0.2) is 9.84 Å². The van der Waals surface area contributed by atoms with E-state index < -0.39 is 9.84 Å². The van der Waals surface area contributed by atoms with Crippen molar-refractivity contribution >= 4 is 9.84 Å². The minimum Gasteiger partial charge on any atom is -0.377 e. The van der Waals surface area contributed by atoms with Crippen molar-refractivity contribution in [2.75, 3.05) is 12.4 Å². The topological polar surface area (TPSA) is 43.4 Å². The van der Waals surface area contributed by atoms with Gasteiger partial charge in [0.05, 0.1) is 16.8 Å². The third-order valence-electron chi connectivity index (χ3n) is 3.37. The lowest BCUT2D eigenvalue weighted by Crippen LogP contribution is -2.20. The molecule has 2 rings (SSSR count). The highest BCUT2D eigenvalue weighted by Crippen LogP contribution is 2.26. The number of ether oxygens (including phenoxy) is 1. The first-order chi connectivity index (χ1) is 8.62. The summed E-state index contributed by atoms with van der Waals surface area (Å²) < 4.78 is 29.9. The molecule has 1 heterocycles. The molecule has 1 aliphatic rings. The van der Waals surface area contributed by atoms with E-state index in [0.717, 1.165) is 19.3 Å². The minimum atomic E-state index is -3.21. The van der Waals surface area contributed by atoms with Crippen LogP contribution in [0.4, 0.5) is 0 Å².